The molecule has 0 bridgehead atoms. The highest BCUT2D eigenvalue weighted by Gasteiger charge is 2.28. The Morgan fingerprint density at radius 2 is 2.15 bits per heavy atom. The normalized spacial score (nSPS) is 17.7. The topological polar surface area (TPSA) is 47.3 Å². The van der Waals surface area contributed by atoms with Gasteiger partial charge in [0.1, 0.15) is 4.99 Å². The summed E-state index contributed by atoms with van der Waals surface area (Å²) < 4.78 is 5.45. The number of hydrogen-bond donors (Lipinski definition) is 2. The summed E-state index contributed by atoms with van der Waals surface area (Å²) in [6.07, 6.45) is 1.99. The summed E-state index contributed by atoms with van der Waals surface area (Å²) in [6, 6.07) is 6.21. The highest BCUT2D eigenvalue weighted by atomic mass is 32.2. The molecule has 1 aromatic rings. The van der Waals surface area contributed by atoms with Gasteiger partial charge < -0.3 is 15.8 Å². The van der Waals surface area contributed by atoms with Gasteiger partial charge >= 0.3 is 0 Å². The predicted octanol–water partition coefficient (Wildman–Crippen LogP) is 3.41. The van der Waals surface area contributed by atoms with Crippen LogP contribution in [0.15, 0.2) is 23.1 Å². The van der Waals surface area contributed by atoms with E-state index >= 15 is 0 Å². The van der Waals surface area contributed by atoms with Crippen LogP contribution in [0.5, 0.6) is 0 Å². The van der Waals surface area contributed by atoms with Crippen molar-refractivity contribution in [2.75, 3.05) is 24.3 Å². The molecule has 20 heavy (non-hydrogen) atoms. The summed E-state index contributed by atoms with van der Waals surface area (Å²) in [4.78, 5) is 1.61. The molecule has 0 aromatic heterocycles. The lowest BCUT2D eigenvalue weighted by molar-refractivity contribution is 0.0658. The van der Waals surface area contributed by atoms with Crippen LogP contribution in [0.25, 0.3) is 0 Å². The molecule has 0 unspecified atom stereocenters. The van der Waals surface area contributed by atoms with Crippen LogP contribution in [0.4, 0.5) is 5.69 Å². The first-order valence-corrected chi connectivity index (χ1v) is 8.37. The van der Waals surface area contributed by atoms with E-state index in [1.165, 1.54) is 0 Å². The Bertz CT molecular complexity index is 485. The van der Waals surface area contributed by atoms with Crippen LogP contribution < -0.4 is 11.1 Å². The Balaban J connectivity index is 2.30. The van der Waals surface area contributed by atoms with E-state index in [9.17, 15) is 0 Å². The number of nitrogens with one attached hydrogen (secondary N) is 1. The molecule has 0 amide bonds. The standard InChI is InChI=1S/C15H22N2OS2/c1-3-20-12-6-4-5-11(13(12)14(16)19)17-15(2)7-9-18-10-8-15/h4-6,17H,3,7-10H2,1-2H3,(H2,16,19). The van der Waals surface area contributed by atoms with E-state index in [1.54, 1.807) is 11.8 Å². The maximum Gasteiger partial charge on any atom is 0.107 e. The minimum absolute atomic E-state index is 0.0489. The summed E-state index contributed by atoms with van der Waals surface area (Å²) in [5.74, 6) is 1.00. The van der Waals surface area contributed by atoms with Crippen molar-refractivity contribution in [1.82, 2.24) is 0 Å². The summed E-state index contributed by atoms with van der Waals surface area (Å²) in [6.45, 7) is 5.97. The molecule has 110 valence electrons. The molecule has 1 aliphatic rings. The number of anilines is 1. The van der Waals surface area contributed by atoms with Crippen molar-refractivity contribution in [3.63, 3.8) is 0 Å². The highest BCUT2D eigenvalue weighted by molar-refractivity contribution is 7.99. The third-order valence-corrected chi connectivity index (χ3v) is 4.75. The Hall–Kier alpha value is -0.780. The van der Waals surface area contributed by atoms with Crippen LogP contribution in [0.2, 0.25) is 0 Å². The second-order valence-electron chi connectivity index (χ2n) is 5.27. The number of nitrogens with two attached hydrogens (primary N) is 1. The maximum atomic E-state index is 5.95. The van der Waals surface area contributed by atoms with Crippen LogP contribution in [0.3, 0.4) is 0 Å². The molecule has 1 aliphatic heterocycles. The molecule has 0 spiro atoms. The van der Waals surface area contributed by atoms with Gasteiger partial charge in [0, 0.05) is 34.9 Å². The largest absolute Gasteiger partial charge is 0.389 e. The van der Waals surface area contributed by atoms with Crippen molar-refractivity contribution in [3.05, 3.63) is 23.8 Å². The number of ether oxygens (including phenoxy) is 1. The molecule has 5 heteroatoms. The fourth-order valence-corrected chi connectivity index (χ4v) is 3.57. The van der Waals surface area contributed by atoms with Gasteiger partial charge in [0.05, 0.1) is 0 Å². The molecule has 0 aliphatic carbocycles. The molecular weight excluding hydrogens is 288 g/mol. The molecule has 0 radical (unpaired) electrons. The van der Waals surface area contributed by atoms with Crippen LogP contribution >= 0.6 is 24.0 Å². The van der Waals surface area contributed by atoms with Gasteiger partial charge in [0.15, 0.2) is 0 Å². The molecule has 3 N–H and O–H groups in total. The summed E-state index contributed by atoms with van der Waals surface area (Å²) in [5.41, 5.74) is 8.01. The van der Waals surface area contributed by atoms with Crippen LogP contribution in [-0.2, 0) is 4.74 Å². The van der Waals surface area contributed by atoms with E-state index in [0.29, 0.717) is 4.99 Å². The molecule has 3 nitrogen and oxygen atoms in total. The number of benzene rings is 1. The number of thioether (sulfide) groups is 1. The van der Waals surface area contributed by atoms with Crippen LogP contribution in [0.1, 0.15) is 32.3 Å². The van der Waals surface area contributed by atoms with Crippen molar-refractivity contribution in [1.29, 1.82) is 0 Å². The van der Waals surface area contributed by atoms with Crippen LogP contribution in [-0.4, -0.2) is 29.5 Å². The average molecular weight is 310 g/mol. The molecule has 1 heterocycles. The Kier molecular flexibility index (Phi) is 5.29. The smallest absolute Gasteiger partial charge is 0.107 e. The molecule has 0 saturated carbocycles. The van der Waals surface area contributed by atoms with E-state index in [1.807, 2.05) is 0 Å². The lowest BCUT2D eigenvalue weighted by Gasteiger charge is -2.36. The first kappa shape index (κ1) is 15.6. The Morgan fingerprint density at radius 1 is 1.45 bits per heavy atom. The zero-order chi connectivity index (χ0) is 14.6. The maximum absolute atomic E-state index is 5.95. The third kappa shape index (κ3) is 3.65. The van der Waals surface area contributed by atoms with E-state index in [-0.39, 0.29) is 5.54 Å². The SMILES string of the molecule is CCSc1cccc(NC2(C)CCOCC2)c1C(N)=S. The van der Waals surface area contributed by atoms with Crippen molar-refractivity contribution in [2.45, 2.75) is 37.1 Å². The van der Waals surface area contributed by atoms with Gasteiger partial charge in [-0.25, -0.2) is 0 Å². The van der Waals surface area contributed by atoms with E-state index in [2.05, 4.69) is 37.4 Å². The zero-order valence-corrected chi connectivity index (χ0v) is 13.7. The van der Waals surface area contributed by atoms with E-state index < -0.39 is 0 Å². The van der Waals surface area contributed by atoms with Crippen molar-refractivity contribution >= 4 is 34.7 Å². The average Bonchev–Trinajstić information content (AvgIpc) is 2.39. The fraction of sp³-hybridized carbons (Fsp3) is 0.533. The highest BCUT2D eigenvalue weighted by Crippen LogP contribution is 2.32. The lowest BCUT2D eigenvalue weighted by atomic mass is 9.91. The van der Waals surface area contributed by atoms with Crippen molar-refractivity contribution in [3.8, 4) is 0 Å². The summed E-state index contributed by atoms with van der Waals surface area (Å²) in [5, 5.41) is 3.65. The van der Waals surface area contributed by atoms with Gasteiger partial charge in [-0.2, -0.15) is 0 Å². The third-order valence-electron chi connectivity index (χ3n) is 3.61. The Morgan fingerprint density at radius 3 is 2.75 bits per heavy atom. The molecule has 0 atom stereocenters. The zero-order valence-electron chi connectivity index (χ0n) is 12.1. The van der Waals surface area contributed by atoms with E-state index in [4.69, 9.17) is 22.7 Å². The molecule has 1 saturated heterocycles. The molecule has 2 rings (SSSR count). The number of hydrogen-bond acceptors (Lipinski definition) is 4. The molecule has 1 fully saturated rings. The van der Waals surface area contributed by atoms with Crippen molar-refractivity contribution in [2.24, 2.45) is 5.73 Å². The number of rotatable bonds is 5. The minimum Gasteiger partial charge on any atom is -0.389 e. The first-order chi connectivity index (χ1) is 9.56. The Labute approximate surface area is 130 Å². The van der Waals surface area contributed by atoms with Gasteiger partial charge in [-0.05, 0) is 37.7 Å². The summed E-state index contributed by atoms with van der Waals surface area (Å²) in [7, 11) is 0. The summed E-state index contributed by atoms with van der Waals surface area (Å²) >= 11 is 7.03. The lowest BCUT2D eigenvalue weighted by Crippen LogP contribution is -2.41. The second kappa shape index (κ2) is 6.78. The molecular formula is C15H22N2OS2. The fourth-order valence-electron chi connectivity index (χ4n) is 2.44. The monoisotopic (exact) mass is 310 g/mol. The van der Waals surface area contributed by atoms with Gasteiger partial charge in [0.25, 0.3) is 0 Å². The second-order valence-corrected chi connectivity index (χ2v) is 7.02. The van der Waals surface area contributed by atoms with Crippen molar-refractivity contribution < 1.29 is 4.74 Å². The van der Waals surface area contributed by atoms with Gasteiger partial charge in [-0.15, -0.1) is 11.8 Å². The molecule has 1 aromatic carbocycles. The van der Waals surface area contributed by atoms with E-state index in [0.717, 1.165) is 48.0 Å². The van der Waals surface area contributed by atoms with Gasteiger partial charge in [-0.1, -0.05) is 25.2 Å². The first-order valence-electron chi connectivity index (χ1n) is 6.97. The quantitative estimate of drug-likeness (QED) is 0.644. The number of thiocarbonyl (C=S) groups is 1. The van der Waals surface area contributed by atoms with Gasteiger partial charge in [-0.3, -0.25) is 0 Å². The predicted molar refractivity (Wildman–Crippen MR) is 90.8 cm³/mol. The minimum atomic E-state index is 0.0489. The van der Waals surface area contributed by atoms with Gasteiger partial charge in [0.2, 0.25) is 0 Å². The van der Waals surface area contributed by atoms with Crippen LogP contribution in [0, 0.1) is 0 Å².